The zero-order valence-corrected chi connectivity index (χ0v) is 14.4. The lowest BCUT2D eigenvalue weighted by Crippen LogP contribution is -2.53. The molecular weight excluding hydrogens is 318 g/mol. The fourth-order valence-electron chi connectivity index (χ4n) is 2.51. The second-order valence-electron chi connectivity index (χ2n) is 5.63. The summed E-state index contributed by atoms with van der Waals surface area (Å²) in [6, 6.07) is 3.50. The third-order valence-corrected chi connectivity index (χ3v) is 4.48. The summed E-state index contributed by atoms with van der Waals surface area (Å²) in [5.41, 5.74) is 1.88. The van der Waals surface area contributed by atoms with Crippen molar-refractivity contribution < 1.29 is 14.3 Å². The number of piperazine rings is 1. The van der Waals surface area contributed by atoms with E-state index in [0.717, 1.165) is 16.1 Å². The van der Waals surface area contributed by atoms with E-state index in [1.54, 1.807) is 16.7 Å². The number of amides is 3. The van der Waals surface area contributed by atoms with Gasteiger partial charge in [-0.05, 0) is 37.1 Å². The van der Waals surface area contributed by atoms with E-state index in [0.29, 0.717) is 31.9 Å². The lowest BCUT2D eigenvalue weighted by atomic mass is 10.1. The van der Waals surface area contributed by atoms with Crippen molar-refractivity contribution >= 4 is 23.5 Å². The second-order valence-corrected chi connectivity index (χ2v) is 6.01. The molecular formula is C16H22ClN3O3. The number of halogens is 1. The molecule has 1 fully saturated rings. The molecule has 6 nitrogen and oxygen atoms in total. The van der Waals surface area contributed by atoms with Gasteiger partial charge in [-0.3, -0.25) is 4.79 Å². The van der Waals surface area contributed by atoms with E-state index in [4.69, 9.17) is 16.3 Å². The number of aryl methyl sites for hydroxylation is 2. The van der Waals surface area contributed by atoms with Crippen LogP contribution >= 0.6 is 11.6 Å². The van der Waals surface area contributed by atoms with Gasteiger partial charge < -0.3 is 19.9 Å². The highest BCUT2D eigenvalue weighted by Gasteiger charge is 2.22. The quantitative estimate of drug-likeness (QED) is 0.858. The fourth-order valence-corrected chi connectivity index (χ4v) is 2.62. The first-order valence-electron chi connectivity index (χ1n) is 7.56. The molecule has 1 saturated heterocycles. The molecule has 2 rings (SSSR count). The monoisotopic (exact) mass is 339 g/mol. The van der Waals surface area contributed by atoms with Crippen LogP contribution in [0.3, 0.4) is 0 Å². The molecule has 126 valence electrons. The zero-order chi connectivity index (χ0) is 17.0. The van der Waals surface area contributed by atoms with Crippen molar-refractivity contribution in [2.24, 2.45) is 0 Å². The van der Waals surface area contributed by atoms with Crippen LogP contribution in [-0.2, 0) is 4.79 Å². The standard InChI is InChI=1S/C16H22ClN3O3/c1-11-8-14(9-12(2)15(11)17)23-10-18-16(22)20-6-4-19(5-7-20)13(3)21/h8-9H,4-7,10H2,1-3H3,(H,18,22). The normalized spacial score (nSPS) is 14.6. The van der Waals surface area contributed by atoms with Gasteiger partial charge >= 0.3 is 6.03 Å². The molecule has 0 radical (unpaired) electrons. The number of hydrogen-bond acceptors (Lipinski definition) is 3. The average molecular weight is 340 g/mol. The van der Waals surface area contributed by atoms with E-state index in [-0.39, 0.29) is 18.7 Å². The predicted octanol–water partition coefficient (Wildman–Crippen LogP) is 2.17. The minimum absolute atomic E-state index is 0.0434. The molecule has 1 aromatic rings. The van der Waals surface area contributed by atoms with Crippen LogP contribution in [0.4, 0.5) is 4.79 Å². The molecule has 0 saturated carbocycles. The molecule has 3 amide bonds. The van der Waals surface area contributed by atoms with Gasteiger partial charge in [0.2, 0.25) is 5.91 Å². The van der Waals surface area contributed by atoms with Crippen LogP contribution in [0.5, 0.6) is 5.75 Å². The highest BCUT2D eigenvalue weighted by atomic mass is 35.5. The Balaban J connectivity index is 1.78. The third kappa shape index (κ3) is 4.51. The summed E-state index contributed by atoms with van der Waals surface area (Å²) in [7, 11) is 0. The van der Waals surface area contributed by atoms with Gasteiger partial charge in [0.05, 0.1) is 0 Å². The van der Waals surface area contributed by atoms with E-state index >= 15 is 0 Å². The van der Waals surface area contributed by atoms with Crippen molar-refractivity contribution in [1.82, 2.24) is 15.1 Å². The molecule has 23 heavy (non-hydrogen) atoms. The van der Waals surface area contributed by atoms with Crippen molar-refractivity contribution in [3.63, 3.8) is 0 Å². The average Bonchev–Trinajstić information content (AvgIpc) is 2.52. The number of benzene rings is 1. The molecule has 1 aliphatic rings. The minimum Gasteiger partial charge on any atom is -0.473 e. The van der Waals surface area contributed by atoms with E-state index in [9.17, 15) is 9.59 Å². The second kappa shape index (κ2) is 7.55. The summed E-state index contributed by atoms with van der Waals surface area (Å²) in [4.78, 5) is 26.7. The molecule has 0 atom stereocenters. The number of hydrogen-bond donors (Lipinski definition) is 1. The lowest BCUT2D eigenvalue weighted by molar-refractivity contribution is -0.130. The van der Waals surface area contributed by atoms with E-state index in [1.807, 2.05) is 26.0 Å². The molecule has 1 heterocycles. The Morgan fingerprint density at radius 3 is 2.17 bits per heavy atom. The first kappa shape index (κ1) is 17.4. The molecule has 7 heteroatoms. The molecule has 0 aromatic heterocycles. The van der Waals surface area contributed by atoms with Crippen LogP contribution in [0.1, 0.15) is 18.1 Å². The summed E-state index contributed by atoms with van der Waals surface area (Å²) in [5.74, 6) is 0.716. The van der Waals surface area contributed by atoms with Crippen LogP contribution in [-0.4, -0.2) is 54.6 Å². The Kier molecular flexibility index (Phi) is 5.71. The Bertz CT molecular complexity index is 575. The van der Waals surface area contributed by atoms with Crippen LogP contribution in [0.25, 0.3) is 0 Å². The van der Waals surface area contributed by atoms with Crippen LogP contribution in [0.2, 0.25) is 5.02 Å². The van der Waals surface area contributed by atoms with Gasteiger partial charge in [0.15, 0.2) is 6.73 Å². The van der Waals surface area contributed by atoms with Crippen LogP contribution in [0, 0.1) is 13.8 Å². The Morgan fingerprint density at radius 2 is 1.65 bits per heavy atom. The van der Waals surface area contributed by atoms with Gasteiger partial charge in [0, 0.05) is 38.1 Å². The van der Waals surface area contributed by atoms with Crippen molar-refractivity contribution in [3.05, 3.63) is 28.3 Å². The number of carbonyl (C=O) groups excluding carboxylic acids is 2. The molecule has 0 unspecified atom stereocenters. The SMILES string of the molecule is CC(=O)N1CCN(C(=O)NCOc2cc(C)c(Cl)c(C)c2)CC1. The van der Waals surface area contributed by atoms with Crippen molar-refractivity contribution in [1.29, 1.82) is 0 Å². The third-order valence-electron chi connectivity index (χ3n) is 3.88. The molecule has 0 bridgehead atoms. The Morgan fingerprint density at radius 1 is 1.13 bits per heavy atom. The minimum atomic E-state index is -0.185. The fraction of sp³-hybridized carbons (Fsp3) is 0.500. The zero-order valence-electron chi connectivity index (χ0n) is 13.7. The molecule has 0 spiro atoms. The predicted molar refractivity (Wildman–Crippen MR) is 88.8 cm³/mol. The molecule has 1 aliphatic heterocycles. The highest BCUT2D eigenvalue weighted by molar-refractivity contribution is 6.32. The van der Waals surface area contributed by atoms with Crippen LogP contribution < -0.4 is 10.1 Å². The maximum Gasteiger partial charge on any atom is 0.320 e. The number of nitrogens with one attached hydrogen (secondary N) is 1. The van der Waals surface area contributed by atoms with Crippen LogP contribution in [0.15, 0.2) is 12.1 Å². The first-order chi connectivity index (χ1) is 10.9. The Labute approximate surface area is 141 Å². The van der Waals surface area contributed by atoms with E-state index < -0.39 is 0 Å². The highest BCUT2D eigenvalue weighted by Crippen LogP contribution is 2.25. The summed E-state index contributed by atoms with van der Waals surface area (Å²) in [6.45, 7) is 7.66. The molecule has 1 aromatic carbocycles. The van der Waals surface area contributed by atoms with Gasteiger partial charge in [-0.15, -0.1) is 0 Å². The molecule has 1 N–H and O–H groups in total. The Hall–Kier alpha value is -1.95. The summed E-state index contributed by atoms with van der Waals surface area (Å²) >= 11 is 6.11. The smallest absolute Gasteiger partial charge is 0.320 e. The van der Waals surface area contributed by atoms with E-state index in [2.05, 4.69) is 5.32 Å². The maximum absolute atomic E-state index is 12.1. The van der Waals surface area contributed by atoms with Crippen molar-refractivity contribution in [3.8, 4) is 5.75 Å². The van der Waals surface area contributed by atoms with Crippen molar-refractivity contribution in [2.75, 3.05) is 32.9 Å². The van der Waals surface area contributed by atoms with Gasteiger partial charge in [0.1, 0.15) is 5.75 Å². The largest absolute Gasteiger partial charge is 0.473 e. The van der Waals surface area contributed by atoms with Gasteiger partial charge in [-0.25, -0.2) is 4.79 Å². The van der Waals surface area contributed by atoms with Gasteiger partial charge in [-0.2, -0.15) is 0 Å². The lowest BCUT2D eigenvalue weighted by Gasteiger charge is -2.34. The topological polar surface area (TPSA) is 61.9 Å². The number of carbonyl (C=O) groups is 2. The van der Waals surface area contributed by atoms with Gasteiger partial charge in [-0.1, -0.05) is 11.6 Å². The summed E-state index contributed by atoms with van der Waals surface area (Å²) in [5, 5.41) is 3.45. The summed E-state index contributed by atoms with van der Waals surface area (Å²) < 4.78 is 5.56. The van der Waals surface area contributed by atoms with Crippen molar-refractivity contribution in [2.45, 2.75) is 20.8 Å². The number of ether oxygens (including phenoxy) is 1. The maximum atomic E-state index is 12.1. The van der Waals surface area contributed by atoms with Gasteiger partial charge in [0.25, 0.3) is 0 Å². The number of nitrogens with zero attached hydrogens (tertiary/aromatic N) is 2. The molecule has 0 aliphatic carbocycles. The first-order valence-corrected chi connectivity index (χ1v) is 7.94. The number of urea groups is 1. The van der Waals surface area contributed by atoms with E-state index in [1.165, 1.54) is 0 Å². The summed E-state index contributed by atoms with van der Waals surface area (Å²) in [6.07, 6.45) is 0. The number of rotatable bonds is 3.